The van der Waals surface area contributed by atoms with Gasteiger partial charge < -0.3 is 0 Å². The van der Waals surface area contributed by atoms with Crippen LogP contribution in [0.1, 0.15) is 34.6 Å². The highest BCUT2D eigenvalue weighted by molar-refractivity contribution is 5.97. The van der Waals surface area contributed by atoms with Crippen molar-refractivity contribution in [3.8, 4) is 0 Å². The second kappa shape index (κ2) is 7.07. The van der Waals surface area contributed by atoms with Crippen molar-refractivity contribution in [3.05, 3.63) is 45.2 Å². The summed E-state index contributed by atoms with van der Waals surface area (Å²) in [6.45, 7) is 3.54. The van der Waals surface area contributed by atoms with Crippen molar-refractivity contribution >= 4 is 11.8 Å². The van der Waals surface area contributed by atoms with E-state index >= 15 is 0 Å². The molecule has 0 saturated carbocycles. The molecule has 0 aliphatic heterocycles. The lowest BCUT2D eigenvalue weighted by Gasteiger charge is -2.12. The number of carbonyl (C=O) groups excluding carboxylic acids is 2. The molecule has 8 nitrogen and oxygen atoms in total. The third kappa shape index (κ3) is 3.22. The Kier molecular flexibility index (Phi) is 5.45. The zero-order valence-corrected chi connectivity index (χ0v) is 11.1. The molecule has 0 saturated heterocycles. The van der Waals surface area contributed by atoms with Gasteiger partial charge in [0, 0.05) is 24.2 Å². The van der Waals surface area contributed by atoms with Crippen LogP contribution in [0.5, 0.6) is 0 Å². The lowest BCUT2D eigenvalue weighted by atomic mass is 10.1. The third-order valence-electron chi connectivity index (χ3n) is 2.64. The highest BCUT2D eigenvalue weighted by Crippen LogP contribution is 2.10. The van der Waals surface area contributed by atoms with Crippen LogP contribution in [-0.4, -0.2) is 34.9 Å². The van der Waals surface area contributed by atoms with Crippen LogP contribution in [0.15, 0.2) is 34.8 Å². The number of carbonyl (C=O) groups is 2. The van der Waals surface area contributed by atoms with Crippen molar-refractivity contribution in [2.75, 3.05) is 13.1 Å². The first-order valence-electron chi connectivity index (χ1n) is 5.99. The molecule has 0 aliphatic rings. The highest BCUT2D eigenvalue weighted by atomic mass is 16.3. The molecule has 106 valence electrons. The molecule has 1 rings (SSSR count). The maximum Gasteiger partial charge on any atom is 0.276 e. The number of nitrogens with zero attached hydrogens (tertiary/aromatic N) is 4. The van der Waals surface area contributed by atoms with E-state index in [0.29, 0.717) is 0 Å². The van der Waals surface area contributed by atoms with E-state index in [1.807, 2.05) is 0 Å². The van der Waals surface area contributed by atoms with Gasteiger partial charge in [0.1, 0.15) is 0 Å². The second-order valence-electron chi connectivity index (χ2n) is 3.78. The minimum absolute atomic E-state index is 0.154. The van der Waals surface area contributed by atoms with Gasteiger partial charge in [0.25, 0.3) is 11.8 Å². The van der Waals surface area contributed by atoms with Crippen molar-refractivity contribution in [2.24, 2.45) is 10.6 Å². The predicted octanol–water partition coefficient (Wildman–Crippen LogP) is 1.97. The van der Waals surface area contributed by atoms with E-state index in [4.69, 9.17) is 0 Å². The van der Waals surface area contributed by atoms with Crippen LogP contribution in [0.3, 0.4) is 0 Å². The number of rotatable bonds is 6. The van der Waals surface area contributed by atoms with E-state index in [9.17, 15) is 19.4 Å². The summed E-state index contributed by atoms with van der Waals surface area (Å²) in [6.07, 6.45) is 0. The van der Waals surface area contributed by atoms with E-state index in [-0.39, 0.29) is 24.2 Å². The third-order valence-corrected chi connectivity index (χ3v) is 2.64. The molecule has 2 amide bonds. The summed E-state index contributed by atoms with van der Waals surface area (Å²) in [4.78, 5) is 44.5. The van der Waals surface area contributed by atoms with Crippen molar-refractivity contribution in [1.82, 2.24) is 10.0 Å². The summed E-state index contributed by atoms with van der Waals surface area (Å²) >= 11 is 0. The summed E-state index contributed by atoms with van der Waals surface area (Å²) < 4.78 is 0. The van der Waals surface area contributed by atoms with E-state index in [0.717, 1.165) is 10.0 Å². The minimum Gasteiger partial charge on any atom is -0.267 e. The molecule has 0 fully saturated rings. The molecule has 0 aliphatic carbocycles. The highest BCUT2D eigenvalue weighted by Gasteiger charge is 2.17. The van der Waals surface area contributed by atoms with Gasteiger partial charge >= 0.3 is 0 Å². The summed E-state index contributed by atoms with van der Waals surface area (Å²) in [6, 6.07) is 5.56. The molecule has 1 aromatic rings. The monoisotopic (exact) mass is 278 g/mol. The summed E-state index contributed by atoms with van der Waals surface area (Å²) in [5.41, 5.74) is 0.454. The van der Waals surface area contributed by atoms with Gasteiger partial charge in [0.05, 0.1) is 10.6 Å². The van der Waals surface area contributed by atoms with Crippen molar-refractivity contribution in [1.29, 1.82) is 0 Å². The second-order valence-corrected chi connectivity index (χ2v) is 3.78. The Morgan fingerprint density at radius 1 is 0.850 bits per heavy atom. The smallest absolute Gasteiger partial charge is 0.267 e. The van der Waals surface area contributed by atoms with E-state index in [2.05, 4.69) is 10.6 Å². The molecule has 0 heterocycles. The molecule has 0 aromatic heterocycles. The van der Waals surface area contributed by atoms with Gasteiger partial charge in [0.2, 0.25) is 0 Å². The number of nitroso groups, excluding NO2 is 2. The first kappa shape index (κ1) is 15.4. The van der Waals surface area contributed by atoms with E-state index in [1.165, 1.54) is 24.3 Å². The van der Waals surface area contributed by atoms with Gasteiger partial charge in [-0.25, -0.2) is 0 Å². The lowest BCUT2D eigenvalue weighted by molar-refractivity contribution is 0.0754. The normalized spacial score (nSPS) is 9.70. The molecule has 0 atom stereocenters. The first-order chi connectivity index (χ1) is 9.58. The van der Waals surface area contributed by atoms with Gasteiger partial charge in [0.15, 0.2) is 0 Å². The molecule has 0 bridgehead atoms. The van der Waals surface area contributed by atoms with Gasteiger partial charge in [-0.3, -0.25) is 9.59 Å². The fourth-order valence-corrected chi connectivity index (χ4v) is 1.53. The van der Waals surface area contributed by atoms with Crippen LogP contribution in [0.4, 0.5) is 0 Å². The first-order valence-corrected chi connectivity index (χ1v) is 5.99. The minimum atomic E-state index is -0.553. The van der Waals surface area contributed by atoms with Crippen LogP contribution in [0, 0.1) is 9.81 Å². The van der Waals surface area contributed by atoms with Crippen molar-refractivity contribution in [3.63, 3.8) is 0 Å². The van der Waals surface area contributed by atoms with Gasteiger partial charge in [-0.05, 0) is 38.1 Å². The van der Waals surface area contributed by atoms with Crippen LogP contribution in [0.2, 0.25) is 0 Å². The number of hydrogen-bond acceptors (Lipinski definition) is 6. The Hall–Kier alpha value is -2.64. The average molecular weight is 278 g/mol. The van der Waals surface area contributed by atoms with Gasteiger partial charge in [-0.1, -0.05) is 0 Å². The van der Waals surface area contributed by atoms with Gasteiger partial charge in [-0.2, -0.15) is 10.0 Å². The zero-order chi connectivity index (χ0) is 15.1. The Morgan fingerprint density at radius 3 is 1.35 bits per heavy atom. The molecule has 0 radical (unpaired) electrons. The molecular weight excluding hydrogens is 264 g/mol. The number of benzene rings is 1. The van der Waals surface area contributed by atoms with Crippen molar-refractivity contribution < 1.29 is 9.59 Å². The lowest BCUT2D eigenvalue weighted by Crippen LogP contribution is -2.26. The number of amides is 2. The van der Waals surface area contributed by atoms with Crippen molar-refractivity contribution in [2.45, 2.75) is 13.8 Å². The topological polar surface area (TPSA) is 99.5 Å². The predicted molar refractivity (Wildman–Crippen MR) is 71.5 cm³/mol. The largest absolute Gasteiger partial charge is 0.276 e. The van der Waals surface area contributed by atoms with Crippen LogP contribution >= 0.6 is 0 Å². The molecule has 20 heavy (non-hydrogen) atoms. The van der Waals surface area contributed by atoms with Crippen LogP contribution < -0.4 is 0 Å². The zero-order valence-electron chi connectivity index (χ0n) is 11.1. The Labute approximate surface area is 115 Å². The van der Waals surface area contributed by atoms with Gasteiger partial charge in [-0.15, -0.1) is 9.81 Å². The van der Waals surface area contributed by atoms with Crippen LogP contribution in [-0.2, 0) is 0 Å². The molecule has 0 unspecified atom stereocenters. The fraction of sp³-hybridized carbons (Fsp3) is 0.333. The maximum atomic E-state index is 11.8. The Balaban J connectivity index is 2.94. The average Bonchev–Trinajstić information content (AvgIpc) is 2.49. The molecule has 1 aromatic carbocycles. The molecule has 8 heteroatoms. The van der Waals surface area contributed by atoms with Crippen LogP contribution in [0.25, 0.3) is 0 Å². The number of hydrogen-bond donors (Lipinski definition) is 0. The SMILES string of the molecule is CCN(N=O)C(=O)c1ccc(C(=O)N(CC)N=O)cc1. The molecule has 0 spiro atoms. The fourth-order valence-electron chi connectivity index (χ4n) is 1.53. The van der Waals surface area contributed by atoms with E-state index < -0.39 is 11.8 Å². The molecule has 0 N–H and O–H groups in total. The summed E-state index contributed by atoms with van der Waals surface area (Å²) in [7, 11) is 0. The Morgan fingerprint density at radius 2 is 1.15 bits per heavy atom. The standard InChI is InChI=1S/C12H14N4O4/c1-3-15(13-19)11(17)9-5-7-10(8-6-9)12(18)16(4-2)14-20/h5-8H,3-4H2,1-2H3. The summed E-state index contributed by atoms with van der Waals surface area (Å²) in [5.74, 6) is -1.11. The Bertz CT molecular complexity index is 468. The molecular formula is C12H14N4O4. The quantitative estimate of drug-likeness (QED) is 0.586. The van der Waals surface area contributed by atoms with E-state index in [1.54, 1.807) is 13.8 Å². The summed E-state index contributed by atoms with van der Waals surface area (Å²) in [5, 5.41) is 6.73. The maximum absolute atomic E-state index is 11.8.